The minimum atomic E-state index is -0.460. The SMILES string of the molecule is CC(C)Oc1ccccc1NC(=O)CC(=O)Nc1ccc(Cl)c(Cl)c1. The van der Waals surface area contributed by atoms with E-state index in [0.717, 1.165) is 0 Å². The van der Waals surface area contributed by atoms with E-state index in [4.69, 9.17) is 27.9 Å². The van der Waals surface area contributed by atoms with E-state index in [2.05, 4.69) is 10.6 Å². The first-order valence-electron chi connectivity index (χ1n) is 7.65. The molecule has 0 bridgehead atoms. The minimum absolute atomic E-state index is 0.0315. The second-order valence-corrected chi connectivity index (χ2v) is 6.38. The zero-order valence-corrected chi connectivity index (χ0v) is 15.3. The molecular formula is C18H18Cl2N2O3. The Morgan fingerprint density at radius 1 is 1.00 bits per heavy atom. The molecule has 25 heavy (non-hydrogen) atoms. The molecule has 0 atom stereocenters. The van der Waals surface area contributed by atoms with Crippen molar-refractivity contribution in [3.05, 3.63) is 52.5 Å². The number of rotatable bonds is 6. The molecule has 2 aromatic carbocycles. The zero-order valence-electron chi connectivity index (χ0n) is 13.8. The molecule has 2 N–H and O–H groups in total. The van der Waals surface area contributed by atoms with Crippen LogP contribution in [0.1, 0.15) is 20.3 Å². The average molecular weight is 381 g/mol. The Balaban J connectivity index is 1.96. The molecule has 0 aliphatic heterocycles. The largest absolute Gasteiger partial charge is 0.489 e. The fourth-order valence-corrected chi connectivity index (χ4v) is 2.34. The second-order valence-electron chi connectivity index (χ2n) is 5.56. The Kier molecular flexibility index (Phi) is 6.67. The number of halogens is 2. The predicted octanol–water partition coefficient (Wildman–Crippen LogP) is 4.75. The first kappa shape index (κ1) is 19.1. The van der Waals surface area contributed by atoms with Gasteiger partial charge in [0.05, 0.1) is 21.8 Å². The Morgan fingerprint density at radius 2 is 1.68 bits per heavy atom. The molecule has 0 spiro atoms. The lowest BCUT2D eigenvalue weighted by Crippen LogP contribution is -2.22. The topological polar surface area (TPSA) is 67.4 Å². The molecule has 0 fully saturated rings. The number of nitrogens with one attached hydrogen (secondary N) is 2. The molecule has 0 heterocycles. The van der Waals surface area contributed by atoms with E-state index in [0.29, 0.717) is 27.2 Å². The first-order chi connectivity index (χ1) is 11.8. The number of hydrogen-bond donors (Lipinski definition) is 2. The summed E-state index contributed by atoms with van der Waals surface area (Å²) in [5, 5.41) is 5.99. The predicted molar refractivity (Wildman–Crippen MR) is 101 cm³/mol. The van der Waals surface area contributed by atoms with E-state index in [1.54, 1.807) is 30.3 Å². The van der Waals surface area contributed by atoms with E-state index in [1.165, 1.54) is 6.07 Å². The van der Waals surface area contributed by atoms with Crippen molar-refractivity contribution in [3.63, 3.8) is 0 Å². The fraction of sp³-hybridized carbons (Fsp3) is 0.222. The molecule has 132 valence electrons. The highest BCUT2D eigenvalue weighted by Crippen LogP contribution is 2.26. The van der Waals surface area contributed by atoms with Crippen molar-refractivity contribution < 1.29 is 14.3 Å². The summed E-state index contributed by atoms with van der Waals surface area (Å²) in [6.45, 7) is 3.78. The monoisotopic (exact) mass is 380 g/mol. The van der Waals surface area contributed by atoms with Crippen LogP contribution in [0.5, 0.6) is 5.75 Å². The zero-order chi connectivity index (χ0) is 18.4. The summed E-state index contributed by atoms with van der Waals surface area (Å²) in [5.74, 6) is -0.355. The molecule has 0 unspecified atom stereocenters. The van der Waals surface area contributed by atoms with Gasteiger partial charge in [-0.3, -0.25) is 9.59 Å². The van der Waals surface area contributed by atoms with Crippen LogP contribution >= 0.6 is 23.2 Å². The molecule has 5 nitrogen and oxygen atoms in total. The summed E-state index contributed by atoms with van der Waals surface area (Å²) in [5.41, 5.74) is 0.985. The van der Waals surface area contributed by atoms with Gasteiger partial charge in [0.15, 0.2) is 0 Å². The van der Waals surface area contributed by atoms with Crippen LogP contribution in [-0.4, -0.2) is 17.9 Å². The Morgan fingerprint density at radius 3 is 2.36 bits per heavy atom. The standard InChI is InChI=1S/C18H18Cl2N2O3/c1-11(2)25-16-6-4-3-5-15(16)22-18(24)10-17(23)21-12-7-8-13(19)14(20)9-12/h3-9,11H,10H2,1-2H3,(H,21,23)(H,22,24). The molecular weight excluding hydrogens is 363 g/mol. The number of anilines is 2. The van der Waals surface area contributed by atoms with Gasteiger partial charge in [0.1, 0.15) is 12.2 Å². The third kappa shape index (κ3) is 5.96. The van der Waals surface area contributed by atoms with Crippen molar-refractivity contribution in [1.29, 1.82) is 0 Å². The van der Waals surface area contributed by atoms with Crippen molar-refractivity contribution in [2.75, 3.05) is 10.6 Å². The molecule has 2 amide bonds. The molecule has 0 radical (unpaired) electrons. The summed E-state index contributed by atoms with van der Waals surface area (Å²) < 4.78 is 5.63. The van der Waals surface area contributed by atoms with Gasteiger partial charge in [-0.2, -0.15) is 0 Å². The summed E-state index contributed by atoms with van der Waals surface area (Å²) in [4.78, 5) is 24.1. The number of hydrogen-bond acceptors (Lipinski definition) is 3. The van der Waals surface area contributed by atoms with Crippen LogP contribution in [0.3, 0.4) is 0 Å². The van der Waals surface area contributed by atoms with Crippen molar-refractivity contribution in [3.8, 4) is 5.75 Å². The lowest BCUT2D eigenvalue weighted by molar-refractivity contribution is -0.123. The van der Waals surface area contributed by atoms with Crippen LogP contribution in [0.25, 0.3) is 0 Å². The third-order valence-electron chi connectivity index (χ3n) is 3.05. The van der Waals surface area contributed by atoms with E-state index in [-0.39, 0.29) is 12.5 Å². The maximum atomic E-state index is 12.1. The van der Waals surface area contributed by atoms with Crippen LogP contribution in [0.15, 0.2) is 42.5 Å². The smallest absolute Gasteiger partial charge is 0.233 e. The highest BCUT2D eigenvalue weighted by Gasteiger charge is 2.13. The van der Waals surface area contributed by atoms with Gasteiger partial charge < -0.3 is 15.4 Å². The Hall–Kier alpha value is -2.24. The van der Waals surface area contributed by atoms with E-state index >= 15 is 0 Å². The minimum Gasteiger partial charge on any atom is -0.489 e. The van der Waals surface area contributed by atoms with Crippen molar-refractivity contribution in [2.45, 2.75) is 26.4 Å². The molecule has 2 aromatic rings. The van der Waals surface area contributed by atoms with Gasteiger partial charge in [0.2, 0.25) is 11.8 Å². The molecule has 2 rings (SSSR count). The van der Waals surface area contributed by atoms with Crippen LogP contribution in [0.4, 0.5) is 11.4 Å². The van der Waals surface area contributed by atoms with E-state index < -0.39 is 11.8 Å². The Labute approximate surface area is 156 Å². The van der Waals surface area contributed by atoms with E-state index in [9.17, 15) is 9.59 Å². The average Bonchev–Trinajstić information content (AvgIpc) is 2.52. The van der Waals surface area contributed by atoms with Gasteiger partial charge in [-0.05, 0) is 44.2 Å². The number of para-hydroxylation sites is 2. The number of ether oxygens (including phenoxy) is 1. The summed E-state index contributed by atoms with van der Waals surface area (Å²) in [7, 11) is 0. The molecule has 0 saturated carbocycles. The quantitative estimate of drug-likeness (QED) is 0.710. The van der Waals surface area contributed by atoms with Gasteiger partial charge in [-0.25, -0.2) is 0 Å². The first-order valence-corrected chi connectivity index (χ1v) is 8.41. The summed E-state index contributed by atoms with van der Waals surface area (Å²) in [6, 6.07) is 11.8. The fourth-order valence-electron chi connectivity index (χ4n) is 2.05. The van der Waals surface area contributed by atoms with Gasteiger partial charge in [0, 0.05) is 5.69 Å². The van der Waals surface area contributed by atoms with Crippen LogP contribution in [0.2, 0.25) is 10.0 Å². The van der Waals surface area contributed by atoms with Crippen molar-refractivity contribution in [2.24, 2.45) is 0 Å². The van der Waals surface area contributed by atoms with Gasteiger partial charge >= 0.3 is 0 Å². The third-order valence-corrected chi connectivity index (χ3v) is 3.79. The maximum Gasteiger partial charge on any atom is 0.233 e. The van der Waals surface area contributed by atoms with Crippen molar-refractivity contribution in [1.82, 2.24) is 0 Å². The molecule has 0 aliphatic carbocycles. The summed E-state index contributed by atoms with van der Waals surface area (Å²) in [6.07, 6.45) is -0.369. The number of carbonyl (C=O) groups excluding carboxylic acids is 2. The highest BCUT2D eigenvalue weighted by atomic mass is 35.5. The number of amides is 2. The highest BCUT2D eigenvalue weighted by molar-refractivity contribution is 6.42. The van der Waals surface area contributed by atoms with Gasteiger partial charge in [0.25, 0.3) is 0 Å². The van der Waals surface area contributed by atoms with Gasteiger partial charge in [-0.15, -0.1) is 0 Å². The van der Waals surface area contributed by atoms with Gasteiger partial charge in [-0.1, -0.05) is 35.3 Å². The second kappa shape index (κ2) is 8.74. The normalized spacial score (nSPS) is 10.4. The number of carbonyl (C=O) groups is 2. The van der Waals surface area contributed by atoms with Crippen LogP contribution in [0, 0.1) is 0 Å². The molecule has 7 heteroatoms. The Bertz CT molecular complexity index is 779. The summed E-state index contributed by atoms with van der Waals surface area (Å²) >= 11 is 11.7. The van der Waals surface area contributed by atoms with Crippen molar-refractivity contribution >= 4 is 46.4 Å². The molecule has 0 aliphatic rings. The number of benzene rings is 2. The van der Waals surface area contributed by atoms with Crippen LogP contribution in [-0.2, 0) is 9.59 Å². The molecule has 0 saturated heterocycles. The van der Waals surface area contributed by atoms with E-state index in [1.807, 2.05) is 19.9 Å². The lowest BCUT2D eigenvalue weighted by Gasteiger charge is -2.14. The maximum absolute atomic E-state index is 12.1. The lowest BCUT2D eigenvalue weighted by atomic mass is 10.2. The van der Waals surface area contributed by atoms with Crippen LogP contribution < -0.4 is 15.4 Å². The molecule has 0 aromatic heterocycles.